The van der Waals surface area contributed by atoms with Gasteiger partial charge in [0.25, 0.3) is 5.91 Å². The topological polar surface area (TPSA) is 76.1 Å². The van der Waals surface area contributed by atoms with Crippen molar-refractivity contribution >= 4 is 17.5 Å². The van der Waals surface area contributed by atoms with Gasteiger partial charge in [0.2, 0.25) is 5.95 Å². The van der Waals surface area contributed by atoms with Crippen molar-refractivity contribution in [2.24, 2.45) is 0 Å². The largest absolute Gasteiger partial charge is 0.376 e. The molecule has 1 unspecified atom stereocenters. The van der Waals surface area contributed by atoms with Gasteiger partial charge in [0.05, 0.1) is 6.10 Å². The summed E-state index contributed by atoms with van der Waals surface area (Å²) in [5, 5.41) is 6.07. The highest BCUT2D eigenvalue weighted by atomic mass is 16.5. The molecular formula is C20H26N4O2. The summed E-state index contributed by atoms with van der Waals surface area (Å²) >= 11 is 0. The molecule has 6 nitrogen and oxygen atoms in total. The summed E-state index contributed by atoms with van der Waals surface area (Å²) < 4.78 is 5.53. The van der Waals surface area contributed by atoms with Crippen molar-refractivity contribution in [3.63, 3.8) is 0 Å². The van der Waals surface area contributed by atoms with E-state index in [9.17, 15) is 4.79 Å². The summed E-state index contributed by atoms with van der Waals surface area (Å²) in [6.07, 6.45) is 2.15. The summed E-state index contributed by atoms with van der Waals surface area (Å²) in [6, 6.07) is 9.85. The van der Waals surface area contributed by atoms with E-state index in [0.29, 0.717) is 24.1 Å². The second kappa shape index (κ2) is 8.27. The monoisotopic (exact) mass is 354 g/mol. The van der Waals surface area contributed by atoms with Gasteiger partial charge in [0.1, 0.15) is 5.69 Å². The van der Waals surface area contributed by atoms with Crippen LogP contribution in [0, 0.1) is 6.92 Å². The minimum Gasteiger partial charge on any atom is -0.376 e. The number of nitrogens with zero attached hydrogens (tertiary/aromatic N) is 2. The Balaban J connectivity index is 1.67. The minimum absolute atomic E-state index is 0.110. The van der Waals surface area contributed by atoms with Crippen LogP contribution in [0.5, 0.6) is 0 Å². The molecule has 1 aliphatic rings. The van der Waals surface area contributed by atoms with Gasteiger partial charge in [-0.15, -0.1) is 0 Å². The van der Waals surface area contributed by atoms with Crippen molar-refractivity contribution in [3.8, 4) is 0 Å². The molecule has 138 valence electrons. The molecule has 3 rings (SSSR count). The van der Waals surface area contributed by atoms with Crippen LogP contribution in [0.1, 0.15) is 54.4 Å². The van der Waals surface area contributed by atoms with Crippen LogP contribution in [0.2, 0.25) is 0 Å². The van der Waals surface area contributed by atoms with Gasteiger partial charge in [-0.3, -0.25) is 4.79 Å². The average Bonchev–Trinajstić information content (AvgIpc) is 3.13. The third-order valence-electron chi connectivity index (χ3n) is 4.43. The van der Waals surface area contributed by atoms with Gasteiger partial charge in [-0.2, -0.15) is 0 Å². The molecule has 0 spiro atoms. The first kappa shape index (κ1) is 18.3. The minimum atomic E-state index is -0.204. The SMILES string of the molecule is Cc1cc(C(=O)NCC2CCCO2)nc(Nc2ccc(C(C)C)cc2)n1. The van der Waals surface area contributed by atoms with E-state index in [2.05, 4.69) is 46.6 Å². The molecule has 2 aromatic rings. The number of hydrogen-bond acceptors (Lipinski definition) is 5. The number of ether oxygens (including phenoxy) is 1. The quantitative estimate of drug-likeness (QED) is 0.829. The van der Waals surface area contributed by atoms with Crippen LogP contribution < -0.4 is 10.6 Å². The van der Waals surface area contributed by atoms with E-state index >= 15 is 0 Å². The molecule has 0 aliphatic carbocycles. The molecule has 0 bridgehead atoms. The van der Waals surface area contributed by atoms with Gasteiger partial charge in [0.15, 0.2) is 0 Å². The number of amides is 1. The van der Waals surface area contributed by atoms with Gasteiger partial charge in [-0.05, 0) is 49.4 Å². The Bertz CT molecular complexity index is 753. The first-order valence-corrected chi connectivity index (χ1v) is 9.14. The molecule has 1 fully saturated rings. The number of carbonyl (C=O) groups excluding carboxylic acids is 1. The Morgan fingerprint density at radius 3 is 2.69 bits per heavy atom. The predicted octanol–water partition coefficient (Wildman–Crippen LogP) is 3.56. The van der Waals surface area contributed by atoms with Crippen LogP contribution >= 0.6 is 0 Å². The fourth-order valence-corrected chi connectivity index (χ4v) is 2.92. The third-order valence-corrected chi connectivity index (χ3v) is 4.43. The normalized spacial score (nSPS) is 16.7. The van der Waals surface area contributed by atoms with Crippen LogP contribution in [-0.2, 0) is 4.74 Å². The maximum absolute atomic E-state index is 12.4. The first-order chi connectivity index (χ1) is 12.5. The summed E-state index contributed by atoms with van der Waals surface area (Å²) in [7, 11) is 0. The smallest absolute Gasteiger partial charge is 0.270 e. The van der Waals surface area contributed by atoms with Crippen molar-refractivity contribution in [1.29, 1.82) is 0 Å². The fraction of sp³-hybridized carbons (Fsp3) is 0.450. The molecular weight excluding hydrogens is 328 g/mol. The lowest BCUT2D eigenvalue weighted by molar-refractivity contribution is 0.0853. The van der Waals surface area contributed by atoms with E-state index < -0.39 is 0 Å². The van der Waals surface area contributed by atoms with E-state index in [1.165, 1.54) is 5.56 Å². The number of rotatable bonds is 6. The number of anilines is 2. The summed E-state index contributed by atoms with van der Waals surface area (Å²) in [5.74, 6) is 0.701. The zero-order valence-corrected chi connectivity index (χ0v) is 15.6. The summed E-state index contributed by atoms with van der Waals surface area (Å²) in [6.45, 7) is 7.46. The van der Waals surface area contributed by atoms with E-state index in [1.54, 1.807) is 6.07 Å². The Labute approximate surface area is 154 Å². The highest BCUT2D eigenvalue weighted by molar-refractivity contribution is 5.92. The van der Waals surface area contributed by atoms with Crippen LogP contribution in [-0.4, -0.2) is 35.1 Å². The average molecular weight is 354 g/mol. The van der Waals surface area contributed by atoms with Gasteiger partial charge in [0, 0.05) is 24.5 Å². The molecule has 1 saturated heterocycles. The molecule has 1 amide bonds. The Hall–Kier alpha value is -2.47. The molecule has 1 atom stereocenters. The molecule has 1 aromatic carbocycles. The summed E-state index contributed by atoms with van der Waals surface area (Å²) in [4.78, 5) is 21.1. The van der Waals surface area contributed by atoms with Gasteiger partial charge in [-0.25, -0.2) is 9.97 Å². The van der Waals surface area contributed by atoms with Crippen LogP contribution in [0.3, 0.4) is 0 Å². The van der Waals surface area contributed by atoms with Gasteiger partial charge in [-0.1, -0.05) is 26.0 Å². The van der Waals surface area contributed by atoms with Crippen molar-refractivity contribution in [2.75, 3.05) is 18.5 Å². The predicted molar refractivity (Wildman–Crippen MR) is 102 cm³/mol. The van der Waals surface area contributed by atoms with E-state index in [4.69, 9.17) is 4.74 Å². The summed E-state index contributed by atoms with van der Waals surface area (Å²) in [5.41, 5.74) is 3.26. The number of aryl methyl sites for hydroxylation is 1. The number of hydrogen-bond donors (Lipinski definition) is 2. The van der Waals surface area contributed by atoms with E-state index in [0.717, 1.165) is 30.8 Å². The van der Waals surface area contributed by atoms with Crippen LogP contribution in [0.25, 0.3) is 0 Å². The maximum Gasteiger partial charge on any atom is 0.270 e. The second-order valence-electron chi connectivity index (χ2n) is 6.96. The Morgan fingerprint density at radius 1 is 1.27 bits per heavy atom. The number of carbonyl (C=O) groups is 1. The van der Waals surface area contributed by atoms with E-state index in [-0.39, 0.29) is 12.0 Å². The molecule has 0 saturated carbocycles. The van der Waals surface area contributed by atoms with Gasteiger partial charge >= 0.3 is 0 Å². The van der Waals surface area contributed by atoms with Crippen molar-refractivity contribution in [3.05, 3.63) is 47.3 Å². The standard InChI is InChI=1S/C20H26N4O2/c1-13(2)15-6-8-16(9-7-15)23-20-22-14(3)11-18(24-20)19(25)21-12-17-5-4-10-26-17/h6-9,11,13,17H,4-5,10,12H2,1-3H3,(H,21,25)(H,22,23,24). The lowest BCUT2D eigenvalue weighted by Gasteiger charge is -2.12. The number of nitrogens with one attached hydrogen (secondary N) is 2. The van der Waals surface area contributed by atoms with Crippen molar-refractivity contribution in [1.82, 2.24) is 15.3 Å². The lowest BCUT2D eigenvalue weighted by Crippen LogP contribution is -2.32. The molecule has 1 aliphatic heterocycles. The zero-order valence-electron chi connectivity index (χ0n) is 15.6. The van der Waals surface area contributed by atoms with E-state index in [1.807, 2.05) is 19.1 Å². The Morgan fingerprint density at radius 2 is 2.04 bits per heavy atom. The number of aromatic nitrogens is 2. The molecule has 2 N–H and O–H groups in total. The van der Waals surface area contributed by atoms with Crippen molar-refractivity contribution in [2.45, 2.75) is 45.6 Å². The first-order valence-electron chi connectivity index (χ1n) is 9.14. The van der Waals surface area contributed by atoms with Gasteiger partial charge < -0.3 is 15.4 Å². The van der Waals surface area contributed by atoms with Crippen LogP contribution in [0.15, 0.2) is 30.3 Å². The highest BCUT2D eigenvalue weighted by Crippen LogP contribution is 2.19. The zero-order chi connectivity index (χ0) is 18.5. The fourth-order valence-electron chi connectivity index (χ4n) is 2.92. The lowest BCUT2D eigenvalue weighted by atomic mass is 10.0. The molecule has 26 heavy (non-hydrogen) atoms. The maximum atomic E-state index is 12.4. The highest BCUT2D eigenvalue weighted by Gasteiger charge is 2.17. The molecule has 6 heteroatoms. The second-order valence-corrected chi connectivity index (χ2v) is 6.96. The number of benzene rings is 1. The third kappa shape index (κ3) is 4.79. The molecule has 0 radical (unpaired) electrons. The molecule has 2 heterocycles. The van der Waals surface area contributed by atoms with Crippen LogP contribution in [0.4, 0.5) is 11.6 Å². The Kier molecular flexibility index (Phi) is 5.83. The molecule has 1 aromatic heterocycles. The van der Waals surface area contributed by atoms with Crippen molar-refractivity contribution < 1.29 is 9.53 Å².